The molecule has 0 bridgehead atoms. The van der Waals surface area contributed by atoms with Crippen molar-refractivity contribution in [3.8, 4) is 0 Å². The third kappa shape index (κ3) is 2.46. The molecule has 0 aliphatic heterocycles. The molecule has 18 heavy (non-hydrogen) atoms. The second-order valence-corrected chi connectivity index (χ2v) is 4.29. The fraction of sp³-hybridized carbons (Fsp3) is 0.167. The molecular formula is C12H13ClN4O. The lowest BCUT2D eigenvalue weighted by Gasteiger charge is -2.05. The Morgan fingerprint density at radius 1 is 1.50 bits per heavy atom. The number of carbonyl (C=O) groups excluding carboxylic acids is 1. The summed E-state index contributed by atoms with van der Waals surface area (Å²) in [6, 6.07) is 7.32. The van der Waals surface area contributed by atoms with E-state index < -0.39 is 0 Å². The maximum atomic E-state index is 11.8. The molecule has 1 aromatic heterocycles. The zero-order valence-electron chi connectivity index (χ0n) is 9.83. The number of rotatable bonds is 3. The number of anilines is 1. The zero-order valence-corrected chi connectivity index (χ0v) is 10.6. The lowest BCUT2D eigenvalue weighted by Crippen LogP contribution is -2.24. The number of benzene rings is 1. The Balaban J connectivity index is 2.05. The van der Waals surface area contributed by atoms with Crippen LogP contribution in [-0.4, -0.2) is 16.1 Å². The van der Waals surface area contributed by atoms with Gasteiger partial charge in [-0.3, -0.25) is 9.89 Å². The van der Waals surface area contributed by atoms with Crippen molar-refractivity contribution in [2.45, 2.75) is 13.5 Å². The van der Waals surface area contributed by atoms with Crippen LogP contribution >= 0.6 is 11.6 Å². The molecule has 0 atom stereocenters. The molecule has 2 aromatic rings. The lowest BCUT2D eigenvalue weighted by atomic mass is 10.2. The van der Waals surface area contributed by atoms with E-state index in [9.17, 15) is 4.79 Å². The van der Waals surface area contributed by atoms with Gasteiger partial charge >= 0.3 is 0 Å². The molecule has 5 nitrogen and oxygen atoms in total. The lowest BCUT2D eigenvalue weighted by molar-refractivity contribution is 0.0947. The van der Waals surface area contributed by atoms with Crippen LogP contribution in [0.15, 0.2) is 24.3 Å². The zero-order chi connectivity index (χ0) is 13.1. The molecule has 0 spiro atoms. The van der Waals surface area contributed by atoms with E-state index in [-0.39, 0.29) is 11.6 Å². The number of hydrogen-bond acceptors (Lipinski definition) is 3. The van der Waals surface area contributed by atoms with Gasteiger partial charge in [0.25, 0.3) is 5.91 Å². The minimum absolute atomic E-state index is 0.208. The number of H-pyrrole nitrogens is 1. The Morgan fingerprint density at radius 2 is 2.22 bits per heavy atom. The van der Waals surface area contributed by atoms with Gasteiger partial charge in [0.05, 0.1) is 11.4 Å². The molecule has 0 saturated heterocycles. The van der Waals surface area contributed by atoms with Gasteiger partial charge in [-0.25, -0.2) is 0 Å². The fourth-order valence-electron chi connectivity index (χ4n) is 1.51. The fourth-order valence-corrected chi connectivity index (χ4v) is 1.71. The summed E-state index contributed by atoms with van der Waals surface area (Å²) >= 11 is 5.99. The van der Waals surface area contributed by atoms with Gasteiger partial charge in [0.1, 0.15) is 0 Å². The van der Waals surface area contributed by atoms with Gasteiger partial charge in [0, 0.05) is 11.6 Å². The van der Waals surface area contributed by atoms with Crippen molar-refractivity contribution in [3.63, 3.8) is 0 Å². The predicted octanol–water partition coefficient (Wildman–Crippen LogP) is 1.88. The van der Waals surface area contributed by atoms with Crippen LogP contribution in [0.4, 0.5) is 5.69 Å². The van der Waals surface area contributed by atoms with Crippen molar-refractivity contribution in [2.24, 2.45) is 0 Å². The van der Waals surface area contributed by atoms with Crippen molar-refractivity contribution >= 4 is 23.2 Å². The average molecular weight is 265 g/mol. The Hall–Kier alpha value is -2.01. The SMILES string of the molecule is Cc1[nH]nc(C(=O)NCc2ccccc2Cl)c1N. The molecular weight excluding hydrogens is 252 g/mol. The van der Waals surface area contributed by atoms with Crippen molar-refractivity contribution in [1.82, 2.24) is 15.5 Å². The first-order valence-corrected chi connectivity index (χ1v) is 5.79. The standard InChI is InChI=1S/C12H13ClN4O/c1-7-10(14)11(17-16-7)12(18)15-6-8-4-2-3-5-9(8)13/h2-5H,6,14H2,1H3,(H,15,18)(H,16,17). The second-order valence-electron chi connectivity index (χ2n) is 3.88. The molecule has 2 rings (SSSR count). The number of nitrogens with one attached hydrogen (secondary N) is 2. The molecule has 1 heterocycles. The molecule has 94 valence electrons. The van der Waals surface area contributed by atoms with Gasteiger partial charge in [-0.05, 0) is 18.6 Å². The Kier molecular flexibility index (Phi) is 3.53. The summed E-state index contributed by atoms with van der Waals surface area (Å²) in [5.41, 5.74) is 7.82. The van der Waals surface area contributed by atoms with Gasteiger partial charge in [-0.2, -0.15) is 5.10 Å². The van der Waals surface area contributed by atoms with Gasteiger partial charge in [0.2, 0.25) is 0 Å². The molecule has 0 aliphatic rings. The van der Waals surface area contributed by atoms with Crippen LogP contribution in [0.5, 0.6) is 0 Å². The van der Waals surface area contributed by atoms with Crippen molar-refractivity contribution < 1.29 is 4.79 Å². The molecule has 4 N–H and O–H groups in total. The number of amides is 1. The molecule has 1 aromatic carbocycles. The summed E-state index contributed by atoms with van der Waals surface area (Å²) in [6.07, 6.45) is 0. The van der Waals surface area contributed by atoms with E-state index in [4.69, 9.17) is 17.3 Å². The monoisotopic (exact) mass is 264 g/mol. The minimum atomic E-state index is -0.322. The first-order chi connectivity index (χ1) is 8.59. The Bertz CT molecular complexity index is 579. The summed E-state index contributed by atoms with van der Waals surface area (Å²) in [5, 5.41) is 9.86. The highest BCUT2D eigenvalue weighted by molar-refractivity contribution is 6.31. The largest absolute Gasteiger partial charge is 0.395 e. The summed E-state index contributed by atoms with van der Waals surface area (Å²) in [5.74, 6) is -0.322. The maximum absolute atomic E-state index is 11.8. The van der Waals surface area contributed by atoms with Crippen molar-refractivity contribution in [2.75, 3.05) is 5.73 Å². The van der Waals surface area contributed by atoms with E-state index in [2.05, 4.69) is 15.5 Å². The van der Waals surface area contributed by atoms with Crippen LogP contribution in [0.3, 0.4) is 0 Å². The number of aromatic amines is 1. The van der Waals surface area contributed by atoms with E-state index in [0.717, 1.165) is 5.56 Å². The third-order valence-electron chi connectivity index (χ3n) is 2.61. The van der Waals surface area contributed by atoms with E-state index in [0.29, 0.717) is 22.9 Å². The van der Waals surface area contributed by atoms with Crippen LogP contribution in [-0.2, 0) is 6.54 Å². The summed E-state index contributed by atoms with van der Waals surface area (Å²) in [6.45, 7) is 2.09. The normalized spacial score (nSPS) is 10.3. The van der Waals surface area contributed by atoms with Gasteiger partial charge in [-0.15, -0.1) is 0 Å². The van der Waals surface area contributed by atoms with Crippen molar-refractivity contribution in [1.29, 1.82) is 0 Å². The molecule has 0 saturated carbocycles. The molecule has 0 aliphatic carbocycles. The predicted molar refractivity (Wildman–Crippen MR) is 70.4 cm³/mol. The molecule has 1 amide bonds. The molecule has 0 radical (unpaired) electrons. The highest BCUT2D eigenvalue weighted by Gasteiger charge is 2.15. The first-order valence-electron chi connectivity index (χ1n) is 5.41. The number of halogens is 1. The number of nitrogens with zero attached hydrogens (tertiary/aromatic N) is 1. The van der Waals surface area contributed by atoms with Crippen LogP contribution in [0.25, 0.3) is 0 Å². The summed E-state index contributed by atoms with van der Waals surface area (Å²) in [7, 11) is 0. The smallest absolute Gasteiger partial charge is 0.274 e. The van der Waals surface area contributed by atoms with E-state index >= 15 is 0 Å². The summed E-state index contributed by atoms with van der Waals surface area (Å²) in [4.78, 5) is 11.8. The average Bonchev–Trinajstić information content (AvgIpc) is 2.69. The van der Waals surface area contributed by atoms with Crippen LogP contribution in [0.2, 0.25) is 5.02 Å². The van der Waals surface area contributed by atoms with Crippen LogP contribution in [0, 0.1) is 6.92 Å². The third-order valence-corrected chi connectivity index (χ3v) is 2.98. The number of nitrogen functional groups attached to an aromatic ring is 1. The van der Waals surface area contributed by atoms with Gasteiger partial charge in [-0.1, -0.05) is 29.8 Å². The van der Waals surface area contributed by atoms with E-state index in [1.165, 1.54) is 0 Å². The van der Waals surface area contributed by atoms with E-state index in [1.54, 1.807) is 13.0 Å². The quantitative estimate of drug-likeness (QED) is 0.791. The Morgan fingerprint density at radius 3 is 2.83 bits per heavy atom. The maximum Gasteiger partial charge on any atom is 0.274 e. The molecule has 0 unspecified atom stereocenters. The van der Waals surface area contributed by atoms with Crippen molar-refractivity contribution in [3.05, 3.63) is 46.2 Å². The van der Waals surface area contributed by atoms with Crippen LogP contribution in [0.1, 0.15) is 21.7 Å². The second kappa shape index (κ2) is 5.10. The minimum Gasteiger partial charge on any atom is -0.395 e. The highest BCUT2D eigenvalue weighted by Crippen LogP contribution is 2.15. The number of aryl methyl sites for hydroxylation is 1. The number of aromatic nitrogens is 2. The summed E-state index contributed by atoms with van der Waals surface area (Å²) < 4.78 is 0. The number of carbonyl (C=O) groups is 1. The molecule has 0 fully saturated rings. The number of nitrogens with two attached hydrogens (primary N) is 1. The molecule has 6 heteroatoms. The number of hydrogen-bond donors (Lipinski definition) is 3. The first kappa shape index (κ1) is 12.4. The van der Waals surface area contributed by atoms with Gasteiger partial charge in [0.15, 0.2) is 5.69 Å². The van der Waals surface area contributed by atoms with E-state index in [1.807, 2.05) is 18.2 Å². The van der Waals surface area contributed by atoms with Gasteiger partial charge < -0.3 is 11.1 Å². The highest BCUT2D eigenvalue weighted by atomic mass is 35.5. The Labute approximate surface area is 109 Å². The van der Waals surface area contributed by atoms with Crippen LogP contribution < -0.4 is 11.1 Å². The topological polar surface area (TPSA) is 83.8 Å².